The van der Waals surface area contributed by atoms with Crippen molar-refractivity contribution in [1.82, 2.24) is 0 Å². The molecule has 2 rings (SSSR count). The van der Waals surface area contributed by atoms with Gasteiger partial charge < -0.3 is 5.11 Å². The summed E-state index contributed by atoms with van der Waals surface area (Å²) in [5.41, 5.74) is 0.395. The number of carboxylic acid groups (broad SMARTS) is 1. The number of nitro benzene ring substituents is 1. The average Bonchev–Trinajstić information content (AvgIpc) is 2.48. The predicted octanol–water partition coefficient (Wildman–Crippen LogP) is 2.53. The second-order valence-corrected chi connectivity index (χ2v) is 3.57. The summed E-state index contributed by atoms with van der Waals surface area (Å²) < 4.78 is 0. The summed E-state index contributed by atoms with van der Waals surface area (Å²) >= 11 is 0. The number of ketones is 1. The van der Waals surface area contributed by atoms with Crippen LogP contribution in [0.4, 0.5) is 5.69 Å². The molecule has 0 saturated carbocycles. The van der Waals surface area contributed by atoms with Crippen LogP contribution in [0.15, 0.2) is 54.6 Å². The fourth-order valence-corrected chi connectivity index (χ4v) is 1.57. The third-order valence-corrected chi connectivity index (χ3v) is 2.38. The van der Waals surface area contributed by atoms with E-state index >= 15 is 0 Å². The van der Waals surface area contributed by atoms with Crippen molar-refractivity contribution >= 4 is 17.9 Å². The van der Waals surface area contributed by atoms with Crippen LogP contribution >= 0.6 is 0 Å². The molecule has 6 heteroatoms. The molecular weight excluding hydrogens is 262 g/mol. The number of carbonyl (C=O) groups excluding carboxylic acids is 1. The van der Waals surface area contributed by atoms with Crippen LogP contribution in [0.2, 0.25) is 0 Å². The van der Waals surface area contributed by atoms with E-state index in [0.717, 1.165) is 0 Å². The lowest BCUT2D eigenvalue weighted by atomic mass is 10.0. The first-order valence-corrected chi connectivity index (χ1v) is 5.52. The van der Waals surface area contributed by atoms with E-state index in [1.807, 2.05) is 0 Å². The van der Waals surface area contributed by atoms with Crippen LogP contribution < -0.4 is 0 Å². The zero-order valence-corrected chi connectivity index (χ0v) is 10.3. The Morgan fingerprint density at radius 3 is 2.10 bits per heavy atom. The van der Waals surface area contributed by atoms with Crippen molar-refractivity contribution in [2.75, 3.05) is 0 Å². The summed E-state index contributed by atoms with van der Waals surface area (Å²) in [6, 6.07) is 14.5. The van der Waals surface area contributed by atoms with E-state index in [2.05, 4.69) is 0 Å². The minimum Gasteiger partial charge on any atom is -0.483 e. The number of hydrogen-bond donors (Lipinski definition) is 1. The molecule has 1 N–H and O–H groups in total. The van der Waals surface area contributed by atoms with Gasteiger partial charge in [-0.25, -0.2) is 0 Å². The highest BCUT2D eigenvalue weighted by Crippen LogP contribution is 2.20. The van der Waals surface area contributed by atoms with Gasteiger partial charge >= 0.3 is 0 Å². The van der Waals surface area contributed by atoms with Crippen molar-refractivity contribution in [3.63, 3.8) is 0 Å². The predicted molar refractivity (Wildman–Crippen MR) is 71.7 cm³/mol. The molecule has 0 bridgehead atoms. The van der Waals surface area contributed by atoms with Crippen LogP contribution in [0, 0.1) is 10.1 Å². The van der Waals surface area contributed by atoms with Crippen LogP contribution in [0.25, 0.3) is 0 Å². The molecule has 6 nitrogen and oxygen atoms in total. The Morgan fingerprint density at radius 2 is 1.55 bits per heavy atom. The highest BCUT2D eigenvalue weighted by molar-refractivity contribution is 6.11. The van der Waals surface area contributed by atoms with Gasteiger partial charge in [0.25, 0.3) is 12.2 Å². The molecule has 0 fully saturated rings. The Balaban J connectivity index is 0.000000612. The molecule has 0 unspecified atom stereocenters. The van der Waals surface area contributed by atoms with Crippen LogP contribution in [-0.4, -0.2) is 22.3 Å². The Labute approximate surface area is 114 Å². The Hall–Kier alpha value is -3.02. The standard InChI is InChI=1S/C13H9NO3.CH2O2/c15-13(10-6-2-1-3-7-10)11-8-4-5-9-12(11)14(16)17;2-1-3/h1-9H;1H,(H,2,3). The second kappa shape index (κ2) is 7.42. The van der Waals surface area contributed by atoms with Crippen molar-refractivity contribution in [1.29, 1.82) is 0 Å². The lowest BCUT2D eigenvalue weighted by molar-refractivity contribution is -0.385. The maximum atomic E-state index is 12.1. The number of hydrogen-bond acceptors (Lipinski definition) is 4. The van der Waals surface area contributed by atoms with Crippen LogP contribution in [0.5, 0.6) is 0 Å². The first kappa shape index (κ1) is 15.0. The Kier molecular flexibility index (Phi) is 5.58. The van der Waals surface area contributed by atoms with Crippen LogP contribution in [0.3, 0.4) is 0 Å². The van der Waals surface area contributed by atoms with Crippen molar-refractivity contribution in [3.05, 3.63) is 75.8 Å². The number of rotatable bonds is 3. The van der Waals surface area contributed by atoms with Gasteiger partial charge in [0.2, 0.25) is 0 Å². The normalized spacial score (nSPS) is 9.00. The van der Waals surface area contributed by atoms with Gasteiger partial charge in [-0.2, -0.15) is 0 Å². The summed E-state index contributed by atoms with van der Waals surface area (Å²) in [6.07, 6.45) is 0. The largest absolute Gasteiger partial charge is 0.483 e. The molecule has 102 valence electrons. The van der Waals surface area contributed by atoms with Gasteiger partial charge in [0, 0.05) is 11.6 Å². The number of carbonyl (C=O) groups is 2. The Bertz CT molecular complexity index is 610. The van der Waals surface area contributed by atoms with E-state index in [1.165, 1.54) is 12.1 Å². The first-order chi connectivity index (χ1) is 9.61. The summed E-state index contributed by atoms with van der Waals surface area (Å²) in [6.45, 7) is -0.250. The minimum absolute atomic E-state index is 0.115. The molecule has 0 radical (unpaired) electrons. The van der Waals surface area contributed by atoms with Crippen LogP contribution in [0.1, 0.15) is 15.9 Å². The van der Waals surface area contributed by atoms with Crippen molar-refractivity contribution in [3.8, 4) is 0 Å². The van der Waals surface area contributed by atoms with Gasteiger partial charge in [-0.15, -0.1) is 0 Å². The van der Waals surface area contributed by atoms with E-state index in [4.69, 9.17) is 9.90 Å². The highest BCUT2D eigenvalue weighted by atomic mass is 16.6. The summed E-state index contributed by atoms with van der Waals surface area (Å²) in [5, 5.41) is 17.7. The molecule has 20 heavy (non-hydrogen) atoms. The van der Waals surface area contributed by atoms with E-state index < -0.39 is 4.92 Å². The van der Waals surface area contributed by atoms with Gasteiger partial charge in [-0.05, 0) is 6.07 Å². The molecular formula is C14H11NO5. The molecule has 0 aliphatic rings. The summed E-state index contributed by atoms with van der Waals surface area (Å²) in [4.78, 5) is 30.7. The zero-order valence-electron chi connectivity index (χ0n) is 10.3. The summed E-state index contributed by atoms with van der Waals surface area (Å²) in [5.74, 6) is -0.335. The number of benzene rings is 2. The molecule has 0 heterocycles. The average molecular weight is 273 g/mol. The van der Waals surface area contributed by atoms with Crippen molar-refractivity contribution < 1.29 is 19.6 Å². The topological polar surface area (TPSA) is 97.5 Å². The third-order valence-electron chi connectivity index (χ3n) is 2.38. The smallest absolute Gasteiger partial charge is 0.290 e. The van der Waals surface area contributed by atoms with Crippen molar-refractivity contribution in [2.45, 2.75) is 0 Å². The van der Waals surface area contributed by atoms with Gasteiger partial charge in [0.15, 0.2) is 5.78 Å². The van der Waals surface area contributed by atoms with E-state index in [9.17, 15) is 14.9 Å². The molecule has 0 aromatic heterocycles. The fourth-order valence-electron chi connectivity index (χ4n) is 1.57. The number of nitrogens with zero attached hydrogens (tertiary/aromatic N) is 1. The lowest BCUT2D eigenvalue weighted by Crippen LogP contribution is -2.04. The summed E-state index contributed by atoms with van der Waals surface area (Å²) in [7, 11) is 0. The van der Waals surface area contributed by atoms with Gasteiger partial charge in [0.05, 0.1) is 4.92 Å². The number of para-hydroxylation sites is 1. The van der Waals surface area contributed by atoms with Gasteiger partial charge in [-0.3, -0.25) is 19.7 Å². The second-order valence-electron chi connectivity index (χ2n) is 3.57. The third kappa shape index (κ3) is 3.74. The maximum absolute atomic E-state index is 12.1. The monoisotopic (exact) mass is 273 g/mol. The van der Waals surface area contributed by atoms with Crippen LogP contribution in [-0.2, 0) is 4.79 Å². The minimum atomic E-state index is -0.545. The molecule has 0 aliphatic carbocycles. The SMILES string of the molecule is O=C(c1ccccc1)c1ccccc1[N+](=O)[O-].O=CO. The zero-order chi connectivity index (χ0) is 15.0. The maximum Gasteiger partial charge on any atom is 0.290 e. The molecule has 2 aromatic carbocycles. The first-order valence-electron chi connectivity index (χ1n) is 5.52. The molecule has 0 saturated heterocycles. The number of nitro groups is 1. The Morgan fingerprint density at radius 1 is 1.05 bits per heavy atom. The highest BCUT2D eigenvalue weighted by Gasteiger charge is 2.19. The van der Waals surface area contributed by atoms with E-state index in [1.54, 1.807) is 42.5 Å². The quantitative estimate of drug-likeness (QED) is 0.401. The molecule has 0 amide bonds. The molecule has 0 aliphatic heterocycles. The van der Waals surface area contributed by atoms with E-state index in [-0.39, 0.29) is 23.5 Å². The lowest BCUT2D eigenvalue weighted by Gasteiger charge is -2.01. The van der Waals surface area contributed by atoms with E-state index in [0.29, 0.717) is 5.56 Å². The molecule has 2 aromatic rings. The fraction of sp³-hybridized carbons (Fsp3) is 0. The molecule has 0 spiro atoms. The molecule has 0 atom stereocenters. The van der Waals surface area contributed by atoms with Gasteiger partial charge in [-0.1, -0.05) is 42.5 Å². The van der Waals surface area contributed by atoms with Gasteiger partial charge in [0.1, 0.15) is 5.56 Å². The van der Waals surface area contributed by atoms with Crippen molar-refractivity contribution in [2.24, 2.45) is 0 Å².